The highest BCUT2D eigenvalue weighted by Gasteiger charge is 2.25. The van der Waals surface area contributed by atoms with E-state index in [4.69, 9.17) is 0 Å². The maximum absolute atomic E-state index is 12.7. The van der Waals surface area contributed by atoms with E-state index in [-0.39, 0.29) is 5.91 Å². The van der Waals surface area contributed by atoms with Crippen molar-refractivity contribution in [3.63, 3.8) is 0 Å². The highest BCUT2D eigenvalue weighted by atomic mass is 16.2. The summed E-state index contributed by atoms with van der Waals surface area (Å²) in [6.07, 6.45) is 5.78. The number of rotatable bonds is 1. The van der Waals surface area contributed by atoms with Gasteiger partial charge in [-0.3, -0.25) is 4.79 Å². The molecule has 1 aliphatic heterocycles. The summed E-state index contributed by atoms with van der Waals surface area (Å²) in [7, 11) is 0. The predicted molar refractivity (Wildman–Crippen MR) is 74.8 cm³/mol. The maximum Gasteiger partial charge on any atom is 0.257 e. The fourth-order valence-electron chi connectivity index (χ4n) is 2.76. The molecule has 0 spiro atoms. The maximum atomic E-state index is 12.7. The summed E-state index contributed by atoms with van der Waals surface area (Å²) in [5, 5.41) is 4.20. The summed E-state index contributed by atoms with van der Waals surface area (Å²) in [6.45, 7) is 3.12. The number of hydrogen-bond donors (Lipinski definition) is 1. The molecule has 0 aromatic carbocycles. The Balaban J connectivity index is 1.69. The van der Waals surface area contributed by atoms with E-state index in [9.17, 15) is 4.79 Å². The topological polar surface area (TPSA) is 79.2 Å². The van der Waals surface area contributed by atoms with Crippen LogP contribution >= 0.6 is 0 Å². The van der Waals surface area contributed by atoms with Gasteiger partial charge in [0.25, 0.3) is 5.91 Å². The molecule has 0 atom stereocenters. The minimum atomic E-state index is -0.0161. The number of fused-ring (bicyclic) bond motifs is 2. The number of aromatic amines is 1. The third kappa shape index (κ3) is 1.81. The Morgan fingerprint density at radius 3 is 3.19 bits per heavy atom. The van der Waals surface area contributed by atoms with Crippen LogP contribution in [0.4, 0.5) is 0 Å². The van der Waals surface area contributed by atoms with Crippen LogP contribution in [0.5, 0.6) is 0 Å². The van der Waals surface area contributed by atoms with Crippen molar-refractivity contribution in [3.8, 4) is 0 Å². The zero-order valence-corrected chi connectivity index (χ0v) is 11.6. The SMILES string of the molecule is Cc1c(C(=O)N2CCc3nc[nH]c3C2)cnc2ccnn12. The second-order valence-electron chi connectivity index (χ2n) is 5.16. The Morgan fingerprint density at radius 2 is 2.29 bits per heavy atom. The third-order valence-corrected chi connectivity index (χ3v) is 3.95. The number of H-pyrrole nitrogens is 1. The summed E-state index contributed by atoms with van der Waals surface area (Å²) >= 11 is 0. The van der Waals surface area contributed by atoms with Crippen LogP contribution in [0.1, 0.15) is 27.4 Å². The molecule has 7 nitrogen and oxygen atoms in total. The number of amides is 1. The van der Waals surface area contributed by atoms with Crippen molar-refractivity contribution in [3.05, 3.63) is 47.4 Å². The summed E-state index contributed by atoms with van der Waals surface area (Å²) in [6, 6.07) is 1.82. The van der Waals surface area contributed by atoms with Gasteiger partial charge in [-0.05, 0) is 6.92 Å². The normalized spacial score (nSPS) is 14.4. The summed E-state index contributed by atoms with van der Waals surface area (Å²) in [4.78, 5) is 26.2. The zero-order valence-electron chi connectivity index (χ0n) is 11.6. The number of nitrogens with zero attached hydrogens (tertiary/aromatic N) is 5. The Morgan fingerprint density at radius 1 is 1.38 bits per heavy atom. The summed E-state index contributed by atoms with van der Waals surface area (Å²) < 4.78 is 1.69. The average Bonchev–Trinajstić information content (AvgIpc) is 3.15. The van der Waals surface area contributed by atoms with Crippen molar-refractivity contribution < 1.29 is 4.79 Å². The first-order valence-corrected chi connectivity index (χ1v) is 6.84. The number of carbonyl (C=O) groups is 1. The highest BCUT2D eigenvalue weighted by Crippen LogP contribution is 2.19. The van der Waals surface area contributed by atoms with Crippen LogP contribution < -0.4 is 0 Å². The molecule has 1 aliphatic rings. The number of hydrogen-bond acceptors (Lipinski definition) is 4. The van der Waals surface area contributed by atoms with Crippen molar-refractivity contribution in [1.82, 2.24) is 29.5 Å². The Hall–Kier alpha value is -2.70. The summed E-state index contributed by atoms with van der Waals surface area (Å²) in [5.41, 5.74) is 4.22. The molecule has 0 bridgehead atoms. The van der Waals surface area contributed by atoms with E-state index in [1.54, 1.807) is 23.2 Å². The van der Waals surface area contributed by atoms with Crippen LogP contribution in [-0.2, 0) is 13.0 Å². The molecule has 4 rings (SSSR count). The van der Waals surface area contributed by atoms with Gasteiger partial charge in [-0.2, -0.15) is 5.10 Å². The van der Waals surface area contributed by atoms with Crippen molar-refractivity contribution in [2.75, 3.05) is 6.54 Å². The standard InChI is InChI=1S/C14H14N6O/c1-9-10(6-15-13-2-4-18-20(9)13)14(21)19-5-3-11-12(7-19)17-8-16-11/h2,4,6,8H,3,5,7H2,1H3,(H,16,17). The largest absolute Gasteiger partial charge is 0.347 e. The molecule has 7 heteroatoms. The van der Waals surface area contributed by atoms with Crippen molar-refractivity contribution in [2.45, 2.75) is 19.9 Å². The number of aryl methyl sites for hydroxylation is 1. The second-order valence-corrected chi connectivity index (χ2v) is 5.16. The van der Waals surface area contributed by atoms with E-state index >= 15 is 0 Å². The van der Waals surface area contributed by atoms with E-state index in [1.807, 2.05) is 17.9 Å². The van der Waals surface area contributed by atoms with Crippen LogP contribution in [0.3, 0.4) is 0 Å². The van der Waals surface area contributed by atoms with Crippen LogP contribution in [0.15, 0.2) is 24.8 Å². The van der Waals surface area contributed by atoms with Crippen molar-refractivity contribution in [1.29, 1.82) is 0 Å². The van der Waals surface area contributed by atoms with Gasteiger partial charge in [-0.25, -0.2) is 14.5 Å². The van der Waals surface area contributed by atoms with Gasteiger partial charge in [-0.15, -0.1) is 0 Å². The van der Waals surface area contributed by atoms with E-state index < -0.39 is 0 Å². The van der Waals surface area contributed by atoms with E-state index in [1.165, 1.54) is 0 Å². The van der Waals surface area contributed by atoms with Gasteiger partial charge in [0.2, 0.25) is 0 Å². The van der Waals surface area contributed by atoms with Crippen LogP contribution in [0.25, 0.3) is 5.65 Å². The van der Waals surface area contributed by atoms with Gasteiger partial charge in [0.05, 0.1) is 41.7 Å². The molecule has 0 unspecified atom stereocenters. The van der Waals surface area contributed by atoms with Gasteiger partial charge < -0.3 is 9.88 Å². The quantitative estimate of drug-likeness (QED) is 0.721. The molecule has 21 heavy (non-hydrogen) atoms. The first-order chi connectivity index (χ1) is 10.2. The molecule has 4 heterocycles. The molecule has 0 fully saturated rings. The van der Waals surface area contributed by atoms with Gasteiger partial charge in [0.1, 0.15) is 0 Å². The first kappa shape index (κ1) is 12.1. The molecule has 0 saturated carbocycles. The van der Waals surface area contributed by atoms with Crippen LogP contribution in [0.2, 0.25) is 0 Å². The number of carbonyl (C=O) groups excluding carboxylic acids is 1. The smallest absolute Gasteiger partial charge is 0.257 e. The lowest BCUT2D eigenvalue weighted by Gasteiger charge is -2.26. The Bertz CT molecular complexity index is 833. The molecule has 0 aliphatic carbocycles. The first-order valence-electron chi connectivity index (χ1n) is 6.84. The second kappa shape index (κ2) is 4.41. The van der Waals surface area contributed by atoms with Crippen molar-refractivity contribution >= 4 is 11.6 Å². The van der Waals surface area contributed by atoms with Crippen LogP contribution in [0, 0.1) is 6.92 Å². The average molecular weight is 282 g/mol. The molecule has 3 aromatic rings. The molecular formula is C14H14N6O. The highest BCUT2D eigenvalue weighted by molar-refractivity contribution is 5.95. The number of aromatic nitrogens is 5. The summed E-state index contributed by atoms with van der Waals surface area (Å²) in [5.74, 6) is -0.0161. The molecular weight excluding hydrogens is 268 g/mol. The van der Waals surface area contributed by atoms with E-state index in [0.717, 1.165) is 29.1 Å². The van der Waals surface area contributed by atoms with Gasteiger partial charge in [0, 0.05) is 25.2 Å². The molecule has 0 radical (unpaired) electrons. The molecule has 1 amide bonds. The predicted octanol–water partition coefficient (Wildman–Crippen LogP) is 0.959. The fourth-order valence-corrected chi connectivity index (χ4v) is 2.76. The number of nitrogens with one attached hydrogen (secondary N) is 1. The molecule has 106 valence electrons. The van der Waals surface area contributed by atoms with Crippen molar-refractivity contribution in [2.24, 2.45) is 0 Å². The van der Waals surface area contributed by atoms with E-state index in [0.29, 0.717) is 18.7 Å². The molecule has 0 saturated heterocycles. The Kier molecular flexibility index (Phi) is 2.53. The monoisotopic (exact) mass is 282 g/mol. The van der Waals surface area contributed by atoms with Gasteiger partial charge >= 0.3 is 0 Å². The molecule has 1 N–H and O–H groups in total. The Labute approximate surface area is 120 Å². The lowest BCUT2D eigenvalue weighted by atomic mass is 10.1. The van der Waals surface area contributed by atoms with Gasteiger partial charge in [-0.1, -0.05) is 0 Å². The zero-order chi connectivity index (χ0) is 14.4. The fraction of sp³-hybridized carbons (Fsp3) is 0.286. The third-order valence-electron chi connectivity index (χ3n) is 3.95. The minimum Gasteiger partial charge on any atom is -0.347 e. The molecule has 3 aromatic heterocycles. The van der Waals surface area contributed by atoms with Gasteiger partial charge in [0.15, 0.2) is 5.65 Å². The van der Waals surface area contributed by atoms with E-state index in [2.05, 4.69) is 20.1 Å². The van der Waals surface area contributed by atoms with Crippen LogP contribution in [-0.4, -0.2) is 41.9 Å². The minimum absolute atomic E-state index is 0.0161. The lowest BCUT2D eigenvalue weighted by Crippen LogP contribution is -2.36. The number of imidazole rings is 1. The lowest BCUT2D eigenvalue weighted by molar-refractivity contribution is 0.0730.